The molecule has 5 heteroatoms. The molecule has 5 nitrogen and oxygen atoms in total. The number of ether oxygens (including phenoxy) is 1. The number of quaternary nitrogens is 1. The van der Waals surface area contributed by atoms with Crippen molar-refractivity contribution in [2.45, 2.75) is 18.9 Å². The summed E-state index contributed by atoms with van der Waals surface area (Å²) in [5.41, 5.74) is 2.97. The predicted octanol–water partition coefficient (Wildman–Crippen LogP) is 1.17. The van der Waals surface area contributed by atoms with Crippen LogP contribution in [0.3, 0.4) is 0 Å². The Morgan fingerprint density at radius 1 is 1.13 bits per heavy atom. The number of hydrogen-bond donors (Lipinski definition) is 4. The monoisotopic (exact) mass is 316 g/mol. The van der Waals surface area contributed by atoms with Crippen LogP contribution in [0.1, 0.15) is 22.7 Å². The zero-order valence-corrected chi connectivity index (χ0v) is 13.3. The zero-order chi connectivity index (χ0) is 16.6. The maximum atomic E-state index is 10.6. The van der Waals surface area contributed by atoms with Gasteiger partial charge in [-0.15, -0.1) is 0 Å². The summed E-state index contributed by atoms with van der Waals surface area (Å²) in [7, 11) is 3.65. The van der Waals surface area contributed by atoms with E-state index in [4.69, 9.17) is 4.74 Å². The van der Waals surface area contributed by atoms with Gasteiger partial charge in [-0.25, -0.2) is 0 Å². The van der Waals surface area contributed by atoms with Crippen LogP contribution in [0.5, 0.6) is 23.0 Å². The number of phenolic OH excluding ortho intramolecular Hbond substituents is 3. The van der Waals surface area contributed by atoms with E-state index in [0.717, 1.165) is 29.7 Å². The summed E-state index contributed by atoms with van der Waals surface area (Å²) in [5, 5.41) is 29.7. The molecule has 2 aromatic rings. The van der Waals surface area contributed by atoms with Crippen LogP contribution in [0.2, 0.25) is 0 Å². The maximum Gasteiger partial charge on any atom is 0.167 e. The molecule has 1 aliphatic rings. The van der Waals surface area contributed by atoms with E-state index in [1.807, 2.05) is 6.07 Å². The highest BCUT2D eigenvalue weighted by atomic mass is 16.5. The maximum absolute atomic E-state index is 10.6. The first-order valence-corrected chi connectivity index (χ1v) is 7.73. The number of aromatic hydroxyl groups is 3. The number of benzene rings is 2. The van der Waals surface area contributed by atoms with Gasteiger partial charge in [-0.05, 0) is 29.3 Å². The lowest BCUT2D eigenvalue weighted by Gasteiger charge is -2.32. The Kier molecular flexibility index (Phi) is 4.05. The summed E-state index contributed by atoms with van der Waals surface area (Å²) in [4.78, 5) is 1.30. The number of hydrogen-bond acceptors (Lipinski definition) is 4. The SMILES string of the molecule is COc1ccc2c(c1O)C(Cc1ccc(O)c(O)c1)[NH+](C)CC2. The third-order valence-corrected chi connectivity index (χ3v) is 4.70. The third kappa shape index (κ3) is 2.80. The molecule has 0 fully saturated rings. The lowest BCUT2D eigenvalue weighted by atomic mass is 9.88. The topological polar surface area (TPSA) is 74.4 Å². The molecule has 0 saturated carbocycles. The number of methoxy groups -OCH3 is 1. The van der Waals surface area contributed by atoms with Crippen LogP contribution in [0.4, 0.5) is 0 Å². The first kappa shape index (κ1) is 15.5. The van der Waals surface area contributed by atoms with E-state index in [1.54, 1.807) is 25.3 Å². The van der Waals surface area contributed by atoms with E-state index in [0.29, 0.717) is 12.2 Å². The highest BCUT2D eigenvalue weighted by Crippen LogP contribution is 2.38. The van der Waals surface area contributed by atoms with Crippen molar-refractivity contribution in [3.8, 4) is 23.0 Å². The average Bonchev–Trinajstić information content (AvgIpc) is 2.54. The molecule has 0 bridgehead atoms. The molecule has 0 saturated heterocycles. The van der Waals surface area contributed by atoms with Gasteiger partial charge in [0.05, 0.1) is 26.3 Å². The van der Waals surface area contributed by atoms with Crippen molar-refractivity contribution >= 4 is 0 Å². The van der Waals surface area contributed by atoms with Crippen molar-refractivity contribution in [2.24, 2.45) is 0 Å². The molecule has 0 radical (unpaired) electrons. The van der Waals surface area contributed by atoms with E-state index in [1.165, 1.54) is 11.0 Å². The number of rotatable bonds is 3. The van der Waals surface area contributed by atoms with Gasteiger partial charge in [0.15, 0.2) is 23.0 Å². The smallest absolute Gasteiger partial charge is 0.167 e. The second-order valence-electron chi connectivity index (χ2n) is 6.12. The lowest BCUT2D eigenvalue weighted by Crippen LogP contribution is -3.10. The Hall–Kier alpha value is -2.40. The van der Waals surface area contributed by atoms with Gasteiger partial charge in [-0.1, -0.05) is 12.1 Å². The average molecular weight is 316 g/mol. The minimum absolute atomic E-state index is 0.0674. The van der Waals surface area contributed by atoms with Crippen molar-refractivity contribution in [1.29, 1.82) is 0 Å². The molecule has 2 aromatic carbocycles. The second-order valence-corrected chi connectivity index (χ2v) is 6.12. The molecule has 0 spiro atoms. The van der Waals surface area contributed by atoms with Crippen LogP contribution >= 0.6 is 0 Å². The first-order valence-electron chi connectivity index (χ1n) is 7.73. The summed E-state index contributed by atoms with van der Waals surface area (Å²) < 4.78 is 5.25. The molecule has 0 aromatic heterocycles. The molecular weight excluding hydrogens is 294 g/mol. The Bertz CT molecular complexity index is 729. The molecule has 3 rings (SSSR count). The van der Waals surface area contributed by atoms with Gasteiger partial charge < -0.3 is 25.0 Å². The van der Waals surface area contributed by atoms with Crippen LogP contribution in [-0.2, 0) is 12.8 Å². The molecule has 2 atom stereocenters. The Morgan fingerprint density at radius 2 is 1.91 bits per heavy atom. The van der Waals surface area contributed by atoms with Crippen molar-refractivity contribution in [1.82, 2.24) is 0 Å². The molecule has 2 unspecified atom stereocenters. The largest absolute Gasteiger partial charge is 0.504 e. The number of phenols is 3. The zero-order valence-electron chi connectivity index (χ0n) is 13.3. The van der Waals surface area contributed by atoms with Crippen molar-refractivity contribution < 1.29 is 25.0 Å². The van der Waals surface area contributed by atoms with E-state index < -0.39 is 0 Å². The fraction of sp³-hybridized carbons (Fsp3) is 0.333. The summed E-state index contributed by atoms with van der Waals surface area (Å²) in [6, 6.07) is 8.76. The molecule has 1 heterocycles. The highest BCUT2D eigenvalue weighted by molar-refractivity contribution is 5.52. The summed E-state index contributed by atoms with van der Waals surface area (Å²) in [6.45, 7) is 0.980. The van der Waals surface area contributed by atoms with Crippen LogP contribution < -0.4 is 9.64 Å². The van der Waals surface area contributed by atoms with Crippen molar-refractivity contribution in [3.63, 3.8) is 0 Å². The minimum Gasteiger partial charge on any atom is -0.504 e. The van der Waals surface area contributed by atoms with Crippen LogP contribution in [0, 0.1) is 0 Å². The Morgan fingerprint density at radius 3 is 2.61 bits per heavy atom. The standard InChI is InChI=1S/C18H21NO4/c1-19-8-7-12-4-6-16(23-2)18(22)17(12)13(19)9-11-3-5-14(20)15(21)10-11/h3-6,10,13,20-22H,7-9H2,1-2H3/p+1. The molecule has 0 amide bonds. The second kappa shape index (κ2) is 6.01. The van der Waals surface area contributed by atoms with E-state index in [-0.39, 0.29) is 23.3 Å². The molecule has 4 N–H and O–H groups in total. The Balaban J connectivity index is 2.01. The first-order chi connectivity index (χ1) is 11.0. The highest BCUT2D eigenvalue weighted by Gasteiger charge is 2.32. The molecular formula is C18H22NO4+. The van der Waals surface area contributed by atoms with Gasteiger partial charge in [0, 0.05) is 12.8 Å². The van der Waals surface area contributed by atoms with Crippen LogP contribution in [0.25, 0.3) is 0 Å². The van der Waals surface area contributed by atoms with Crippen LogP contribution in [0.15, 0.2) is 30.3 Å². The fourth-order valence-electron chi connectivity index (χ4n) is 3.36. The Labute approximate surface area is 135 Å². The predicted molar refractivity (Wildman–Crippen MR) is 86.3 cm³/mol. The van der Waals surface area contributed by atoms with Gasteiger partial charge >= 0.3 is 0 Å². The fourth-order valence-corrected chi connectivity index (χ4v) is 3.36. The summed E-state index contributed by atoms with van der Waals surface area (Å²) in [5.74, 6) is 0.447. The molecule has 122 valence electrons. The van der Waals surface area contributed by atoms with E-state index >= 15 is 0 Å². The summed E-state index contributed by atoms with van der Waals surface area (Å²) in [6.07, 6.45) is 1.57. The normalized spacial score (nSPS) is 20.1. The minimum atomic E-state index is -0.122. The van der Waals surface area contributed by atoms with Gasteiger partial charge in [0.1, 0.15) is 6.04 Å². The summed E-state index contributed by atoms with van der Waals surface area (Å²) >= 11 is 0. The quantitative estimate of drug-likeness (QED) is 0.641. The van der Waals surface area contributed by atoms with Crippen molar-refractivity contribution in [2.75, 3.05) is 20.7 Å². The van der Waals surface area contributed by atoms with E-state index in [9.17, 15) is 15.3 Å². The number of nitrogens with one attached hydrogen (secondary N) is 1. The van der Waals surface area contributed by atoms with E-state index in [2.05, 4.69) is 7.05 Å². The van der Waals surface area contributed by atoms with Gasteiger partial charge in [-0.3, -0.25) is 0 Å². The van der Waals surface area contributed by atoms with Gasteiger partial charge in [0.25, 0.3) is 0 Å². The molecule has 23 heavy (non-hydrogen) atoms. The van der Waals surface area contributed by atoms with Gasteiger partial charge in [0.2, 0.25) is 0 Å². The molecule has 1 aliphatic heterocycles. The van der Waals surface area contributed by atoms with Gasteiger partial charge in [-0.2, -0.15) is 0 Å². The lowest BCUT2D eigenvalue weighted by molar-refractivity contribution is -0.914. The number of fused-ring (bicyclic) bond motifs is 1. The third-order valence-electron chi connectivity index (χ3n) is 4.70. The number of likely N-dealkylation sites (N-methyl/N-ethyl adjacent to an activating group) is 1. The van der Waals surface area contributed by atoms with Crippen LogP contribution in [-0.4, -0.2) is 36.0 Å². The molecule has 0 aliphatic carbocycles. The van der Waals surface area contributed by atoms with Crippen molar-refractivity contribution in [3.05, 3.63) is 47.0 Å².